The minimum absolute atomic E-state index is 0.146. The molecule has 19 heavy (non-hydrogen) atoms. The van der Waals surface area contributed by atoms with Crippen molar-refractivity contribution in [2.24, 2.45) is 0 Å². The summed E-state index contributed by atoms with van der Waals surface area (Å²) in [6, 6.07) is 1.84. The molecule has 0 aromatic carbocycles. The Balaban J connectivity index is 1.70. The highest BCUT2D eigenvalue weighted by Crippen LogP contribution is 2.35. The van der Waals surface area contributed by atoms with E-state index < -0.39 is 5.91 Å². The van der Waals surface area contributed by atoms with Crippen molar-refractivity contribution >= 4 is 11.7 Å². The van der Waals surface area contributed by atoms with E-state index in [0.717, 1.165) is 24.7 Å². The molecular formula is C12H13N5O2. The predicted octanol–water partition coefficient (Wildman–Crippen LogP) is 1.01. The molecule has 2 heterocycles. The Bertz CT molecular complexity index is 636. The van der Waals surface area contributed by atoms with Crippen molar-refractivity contribution in [3.05, 3.63) is 40.2 Å². The largest absolute Gasteiger partial charge is 0.325 e. The molecule has 3 N–H and O–H groups in total. The SMILES string of the molecule is O=C(Nc1cc(C2CCC2)[nH]n1)c1c[nH]c(=O)cn1. The van der Waals surface area contributed by atoms with E-state index in [1.165, 1.54) is 12.6 Å². The Hall–Kier alpha value is -2.44. The molecule has 2 aromatic rings. The molecule has 7 nitrogen and oxygen atoms in total. The number of aromatic amines is 2. The molecule has 0 atom stereocenters. The molecule has 2 aromatic heterocycles. The molecule has 3 rings (SSSR count). The zero-order valence-corrected chi connectivity index (χ0v) is 10.1. The van der Waals surface area contributed by atoms with Gasteiger partial charge in [0.2, 0.25) is 0 Å². The summed E-state index contributed by atoms with van der Waals surface area (Å²) >= 11 is 0. The number of H-pyrrole nitrogens is 2. The summed E-state index contributed by atoms with van der Waals surface area (Å²) in [4.78, 5) is 28.8. The van der Waals surface area contributed by atoms with Crippen molar-refractivity contribution in [2.45, 2.75) is 25.2 Å². The second-order valence-corrected chi connectivity index (χ2v) is 4.59. The standard InChI is InChI=1S/C12H13N5O2/c18-11-6-13-9(5-14-11)12(19)15-10-4-8(16-17-10)7-2-1-3-7/h4-7H,1-3H2,(H,14,18)(H2,15,16,17,19). The molecule has 1 amide bonds. The second kappa shape index (κ2) is 4.68. The lowest BCUT2D eigenvalue weighted by Crippen LogP contribution is -2.17. The van der Waals surface area contributed by atoms with Gasteiger partial charge in [-0.15, -0.1) is 0 Å². The van der Waals surface area contributed by atoms with Crippen LogP contribution in [0.25, 0.3) is 0 Å². The number of hydrogen-bond donors (Lipinski definition) is 3. The molecular weight excluding hydrogens is 246 g/mol. The van der Waals surface area contributed by atoms with E-state index in [1.807, 2.05) is 6.07 Å². The van der Waals surface area contributed by atoms with E-state index in [4.69, 9.17) is 0 Å². The van der Waals surface area contributed by atoms with Crippen molar-refractivity contribution in [3.8, 4) is 0 Å². The van der Waals surface area contributed by atoms with Crippen LogP contribution in [0, 0.1) is 0 Å². The highest BCUT2D eigenvalue weighted by atomic mass is 16.2. The van der Waals surface area contributed by atoms with Crippen LogP contribution >= 0.6 is 0 Å². The average Bonchev–Trinajstić information content (AvgIpc) is 2.76. The zero-order valence-electron chi connectivity index (χ0n) is 10.1. The van der Waals surface area contributed by atoms with Gasteiger partial charge >= 0.3 is 0 Å². The van der Waals surface area contributed by atoms with Crippen molar-refractivity contribution in [1.29, 1.82) is 0 Å². The summed E-state index contributed by atoms with van der Waals surface area (Å²) in [7, 11) is 0. The maximum atomic E-state index is 11.8. The average molecular weight is 259 g/mol. The molecule has 0 spiro atoms. The van der Waals surface area contributed by atoms with Crippen LogP contribution in [0.2, 0.25) is 0 Å². The van der Waals surface area contributed by atoms with Gasteiger partial charge in [-0.05, 0) is 12.8 Å². The van der Waals surface area contributed by atoms with E-state index in [1.54, 1.807) is 0 Å². The van der Waals surface area contributed by atoms with Crippen molar-refractivity contribution in [2.75, 3.05) is 5.32 Å². The third-order valence-corrected chi connectivity index (χ3v) is 3.29. The minimum atomic E-state index is -0.400. The van der Waals surface area contributed by atoms with Gasteiger partial charge in [-0.2, -0.15) is 5.10 Å². The Morgan fingerprint density at radius 3 is 2.89 bits per heavy atom. The van der Waals surface area contributed by atoms with Gasteiger partial charge in [-0.1, -0.05) is 6.42 Å². The van der Waals surface area contributed by atoms with Gasteiger partial charge in [0, 0.05) is 23.9 Å². The van der Waals surface area contributed by atoms with Crippen molar-refractivity contribution in [3.63, 3.8) is 0 Å². The quantitative estimate of drug-likeness (QED) is 0.765. The van der Waals surface area contributed by atoms with Gasteiger partial charge in [0.25, 0.3) is 11.5 Å². The summed E-state index contributed by atoms with van der Waals surface area (Å²) in [5, 5.41) is 9.61. The van der Waals surface area contributed by atoms with Gasteiger partial charge in [-0.3, -0.25) is 14.7 Å². The summed E-state index contributed by atoms with van der Waals surface area (Å²) in [5.74, 6) is 0.604. The number of hydrogen-bond acceptors (Lipinski definition) is 4. The Morgan fingerprint density at radius 2 is 2.26 bits per heavy atom. The Labute approximate surface area is 108 Å². The number of nitrogens with zero attached hydrogens (tertiary/aromatic N) is 2. The summed E-state index contributed by atoms with van der Waals surface area (Å²) in [6.45, 7) is 0. The lowest BCUT2D eigenvalue weighted by atomic mass is 9.83. The van der Waals surface area contributed by atoms with Gasteiger partial charge in [0.05, 0.1) is 6.20 Å². The maximum absolute atomic E-state index is 11.8. The van der Waals surface area contributed by atoms with Gasteiger partial charge in [0.15, 0.2) is 5.82 Å². The second-order valence-electron chi connectivity index (χ2n) is 4.59. The van der Waals surface area contributed by atoms with Gasteiger partial charge < -0.3 is 10.3 Å². The molecule has 0 saturated heterocycles. The summed E-state index contributed by atoms with van der Waals surface area (Å²) < 4.78 is 0. The fraction of sp³-hybridized carbons (Fsp3) is 0.333. The molecule has 98 valence electrons. The van der Waals surface area contributed by atoms with Crippen LogP contribution in [0.15, 0.2) is 23.3 Å². The highest BCUT2D eigenvalue weighted by Gasteiger charge is 2.22. The Morgan fingerprint density at radius 1 is 1.42 bits per heavy atom. The first-order chi connectivity index (χ1) is 9.22. The monoisotopic (exact) mass is 259 g/mol. The van der Waals surface area contributed by atoms with Gasteiger partial charge in [-0.25, -0.2) is 4.98 Å². The number of carbonyl (C=O) groups excluding carboxylic acids is 1. The lowest BCUT2D eigenvalue weighted by Gasteiger charge is -2.23. The molecule has 0 bridgehead atoms. The number of rotatable bonds is 3. The Kier molecular flexibility index (Phi) is 2.86. The van der Waals surface area contributed by atoms with E-state index in [2.05, 4.69) is 25.5 Å². The maximum Gasteiger partial charge on any atom is 0.276 e. The first-order valence-electron chi connectivity index (χ1n) is 6.14. The predicted molar refractivity (Wildman–Crippen MR) is 68.0 cm³/mol. The third-order valence-electron chi connectivity index (χ3n) is 3.29. The van der Waals surface area contributed by atoms with Crippen LogP contribution in [-0.2, 0) is 0 Å². The van der Waals surface area contributed by atoms with Gasteiger partial charge in [0.1, 0.15) is 5.69 Å². The first-order valence-corrected chi connectivity index (χ1v) is 6.14. The topological polar surface area (TPSA) is 104 Å². The third kappa shape index (κ3) is 2.40. The van der Waals surface area contributed by atoms with E-state index >= 15 is 0 Å². The normalized spacial score (nSPS) is 14.9. The molecule has 0 radical (unpaired) electrons. The van der Waals surface area contributed by atoms with E-state index in [0.29, 0.717) is 11.7 Å². The number of amides is 1. The van der Waals surface area contributed by atoms with Crippen LogP contribution in [0.4, 0.5) is 5.82 Å². The summed E-state index contributed by atoms with van der Waals surface area (Å²) in [6.07, 6.45) is 5.91. The molecule has 0 aliphatic heterocycles. The fourth-order valence-corrected chi connectivity index (χ4v) is 1.98. The highest BCUT2D eigenvalue weighted by molar-refractivity contribution is 6.02. The number of carbonyl (C=O) groups is 1. The number of nitrogens with one attached hydrogen (secondary N) is 3. The molecule has 1 aliphatic carbocycles. The van der Waals surface area contributed by atoms with Crippen LogP contribution in [0.5, 0.6) is 0 Å². The molecule has 1 saturated carbocycles. The molecule has 1 fully saturated rings. The number of aromatic nitrogens is 4. The van der Waals surface area contributed by atoms with Crippen LogP contribution in [0.3, 0.4) is 0 Å². The van der Waals surface area contributed by atoms with Crippen molar-refractivity contribution in [1.82, 2.24) is 20.2 Å². The minimum Gasteiger partial charge on any atom is -0.325 e. The van der Waals surface area contributed by atoms with Crippen LogP contribution in [-0.4, -0.2) is 26.1 Å². The van der Waals surface area contributed by atoms with Crippen LogP contribution in [0.1, 0.15) is 41.4 Å². The molecule has 1 aliphatic rings. The van der Waals surface area contributed by atoms with E-state index in [9.17, 15) is 9.59 Å². The number of anilines is 1. The summed E-state index contributed by atoms with van der Waals surface area (Å²) in [5.41, 5.74) is 0.854. The van der Waals surface area contributed by atoms with Crippen molar-refractivity contribution < 1.29 is 4.79 Å². The molecule has 0 unspecified atom stereocenters. The fourth-order valence-electron chi connectivity index (χ4n) is 1.98. The lowest BCUT2D eigenvalue weighted by molar-refractivity contribution is 0.102. The molecule has 7 heteroatoms. The first kappa shape index (κ1) is 11.6. The van der Waals surface area contributed by atoms with Crippen LogP contribution < -0.4 is 10.9 Å². The van der Waals surface area contributed by atoms with E-state index in [-0.39, 0.29) is 11.3 Å². The zero-order chi connectivity index (χ0) is 13.2. The smallest absolute Gasteiger partial charge is 0.276 e.